The lowest BCUT2D eigenvalue weighted by molar-refractivity contribution is -0.145. The third kappa shape index (κ3) is 2.73. The van der Waals surface area contributed by atoms with Crippen LogP contribution in [0.2, 0.25) is 0 Å². The molecular weight excluding hydrogens is 210 g/mol. The van der Waals surface area contributed by atoms with E-state index in [1.165, 1.54) is 20.1 Å². The first-order valence-corrected chi connectivity index (χ1v) is 4.69. The smallest absolute Gasteiger partial charge is 0.333 e. The van der Waals surface area contributed by atoms with Gasteiger partial charge in [-0.15, -0.1) is 0 Å². The summed E-state index contributed by atoms with van der Waals surface area (Å²) < 4.78 is 4.56. The first-order valence-electron chi connectivity index (χ1n) is 4.69. The first kappa shape index (κ1) is 12.0. The number of nitrogens with one attached hydrogen (secondary N) is 1. The van der Waals surface area contributed by atoms with E-state index in [0.29, 0.717) is 5.56 Å². The molecule has 0 aliphatic carbocycles. The number of aromatic hydroxyl groups is 1. The molecule has 2 N–H and O–H groups in total. The maximum atomic E-state index is 11.5. The molecule has 1 aromatic carbocycles. The van der Waals surface area contributed by atoms with Crippen LogP contribution in [-0.2, 0) is 14.3 Å². The van der Waals surface area contributed by atoms with Crippen LogP contribution >= 0.6 is 0 Å². The minimum absolute atomic E-state index is 0.0633. The lowest BCUT2D eigenvalue weighted by Gasteiger charge is -2.16. The molecule has 5 heteroatoms. The summed E-state index contributed by atoms with van der Waals surface area (Å²) in [6.07, 6.45) is 0. The van der Waals surface area contributed by atoms with Gasteiger partial charge in [0, 0.05) is 12.5 Å². The zero-order chi connectivity index (χ0) is 12.1. The highest BCUT2D eigenvalue weighted by atomic mass is 16.5. The van der Waals surface area contributed by atoms with Gasteiger partial charge in [-0.3, -0.25) is 4.79 Å². The molecule has 0 spiro atoms. The normalized spacial score (nSPS) is 11.6. The Labute approximate surface area is 93.0 Å². The van der Waals surface area contributed by atoms with E-state index in [2.05, 4.69) is 10.1 Å². The van der Waals surface area contributed by atoms with Crippen molar-refractivity contribution in [3.8, 4) is 5.75 Å². The zero-order valence-electron chi connectivity index (χ0n) is 9.06. The fourth-order valence-electron chi connectivity index (χ4n) is 1.32. The summed E-state index contributed by atoms with van der Waals surface area (Å²) in [5, 5.41) is 12.0. The Kier molecular flexibility index (Phi) is 3.88. The van der Waals surface area contributed by atoms with E-state index in [4.69, 9.17) is 0 Å². The van der Waals surface area contributed by atoms with Crippen LogP contribution < -0.4 is 5.32 Å². The van der Waals surface area contributed by atoms with Gasteiger partial charge in [0.05, 0.1) is 7.11 Å². The highest BCUT2D eigenvalue weighted by Crippen LogP contribution is 2.24. The van der Waals surface area contributed by atoms with Crippen molar-refractivity contribution in [1.82, 2.24) is 5.32 Å². The molecule has 0 fully saturated rings. The van der Waals surface area contributed by atoms with Crippen LogP contribution in [-0.4, -0.2) is 24.1 Å². The Morgan fingerprint density at radius 1 is 1.38 bits per heavy atom. The van der Waals surface area contributed by atoms with Crippen molar-refractivity contribution in [1.29, 1.82) is 0 Å². The summed E-state index contributed by atoms with van der Waals surface area (Å²) in [5.74, 6) is -1.07. The minimum Gasteiger partial charge on any atom is -0.508 e. The summed E-state index contributed by atoms with van der Waals surface area (Å²) in [4.78, 5) is 22.4. The number of hydrogen-bond acceptors (Lipinski definition) is 4. The second-order valence-electron chi connectivity index (χ2n) is 3.22. The summed E-state index contributed by atoms with van der Waals surface area (Å²) in [6.45, 7) is 1.29. The highest BCUT2D eigenvalue weighted by molar-refractivity contribution is 5.84. The number of amides is 1. The van der Waals surface area contributed by atoms with Crippen LogP contribution in [0.5, 0.6) is 5.75 Å². The molecule has 0 saturated heterocycles. The van der Waals surface area contributed by atoms with Gasteiger partial charge in [-0.2, -0.15) is 0 Å². The summed E-state index contributed by atoms with van der Waals surface area (Å²) in [7, 11) is 1.22. The van der Waals surface area contributed by atoms with Crippen molar-refractivity contribution < 1.29 is 19.4 Å². The number of rotatable bonds is 3. The molecule has 1 aromatic rings. The third-order valence-electron chi connectivity index (χ3n) is 2.03. The van der Waals surface area contributed by atoms with Crippen molar-refractivity contribution in [2.24, 2.45) is 0 Å². The van der Waals surface area contributed by atoms with Gasteiger partial charge in [0.25, 0.3) is 0 Å². The van der Waals surface area contributed by atoms with Gasteiger partial charge in [-0.25, -0.2) is 4.79 Å². The molecule has 86 valence electrons. The van der Waals surface area contributed by atoms with Crippen molar-refractivity contribution in [3.05, 3.63) is 29.8 Å². The predicted molar refractivity (Wildman–Crippen MR) is 56.7 cm³/mol. The van der Waals surface area contributed by atoms with Gasteiger partial charge in [0.2, 0.25) is 5.91 Å². The number of carbonyl (C=O) groups excluding carboxylic acids is 2. The number of phenols is 1. The van der Waals surface area contributed by atoms with Gasteiger partial charge >= 0.3 is 5.97 Å². The molecule has 0 aromatic heterocycles. The number of hydrogen-bond donors (Lipinski definition) is 2. The van der Waals surface area contributed by atoms with Crippen molar-refractivity contribution in [3.63, 3.8) is 0 Å². The van der Waals surface area contributed by atoms with E-state index in [9.17, 15) is 14.7 Å². The molecular formula is C11H13NO4. The zero-order valence-corrected chi connectivity index (χ0v) is 9.06. The van der Waals surface area contributed by atoms with Crippen molar-refractivity contribution in [2.45, 2.75) is 13.0 Å². The highest BCUT2D eigenvalue weighted by Gasteiger charge is 2.24. The van der Waals surface area contributed by atoms with E-state index < -0.39 is 12.0 Å². The lowest BCUT2D eigenvalue weighted by Crippen LogP contribution is -2.32. The predicted octanol–water partition coefficient (Wildman–Crippen LogP) is 0.742. The molecule has 0 radical (unpaired) electrons. The monoisotopic (exact) mass is 223 g/mol. The van der Waals surface area contributed by atoms with Crippen LogP contribution in [0.3, 0.4) is 0 Å². The molecule has 0 aliphatic rings. The topological polar surface area (TPSA) is 75.6 Å². The maximum absolute atomic E-state index is 11.5. The van der Waals surface area contributed by atoms with Crippen LogP contribution in [0.15, 0.2) is 24.3 Å². The van der Waals surface area contributed by atoms with Gasteiger partial charge in [0.1, 0.15) is 5.75 Å². The van der Waals surface area contributed by atoms with E-state index in [0.717, 1.165) is 0 Å². The fourth-order valence-corrected chi connectivity index (χ4v) is 1.32. The molecule has 0 heterocycles. The van der Waals surface area contributed by atoms with Crippen LogP contribution in [0.1, 0.15) is 18.5 Å². The Bertz CT molecular complexity index is 403. The van der Waals surface area contributed by atoms with Crippen molar-refractivity contribution in [2.75, 3.05) is 7.11 Å². The van der Waals surface area contributed by atoms with Gasteiger partial charge < -0.3 is 15.2 Å². The molecule has 1 rings (SSSR count). The summed E-state index contributed by atoms with van der Waals surface area (Å²) in [5.41, 5.74) is 0.310. The second kappa shape index (κ2) is 5.16. The van der Waals surface area contributed by atoms with E-state index in [-0.39, 0.29) is 11.7 Å². The second-order valence-corrected chi connectivity index (χ2v) is 3.22. The van der Waals surface area contributed by atoms with E-state index >= 15 is 0 Å². The van der Waals surface area contributed by atoms with E-state index in [1.54, 1.807) is 18.2 Å². The summed E-state index contributed by atoms with van der Waals surface area (Å²) >= 11 is 0. The molecule has 16 heavy (non-hydrogen) atoms. The lowest BCUT2D eigenvalue weighted by atomic mass is 10.1. The Morgan fingerprint density at radius 3 is 2.50 bits per heavy atom. The molecule has 0 saturated carbocycles. The number of benzene rings is 1. The Morgan fingerprint density at radius 2 is 2.00 bits per heavy atom. The van der Waals surface area contributed by atoms with Crippen LogP contribution in [0, 0.1) is 0 Å². The van der Waals surface area contributed by atoms with Gasteiger partial charge in [-0.1, -0.05) is 18.2 Å². The van der Waals surface area contributed by atoms with Crippen LogP contribution in [0.25, 0.3) is 0 Å². The molecule has 1 atom stereocenters. The number of esters is 1. The number of carbonyl (C=O) groups is 2. The average Bonchev–Trinajstić information content (AvgIpc) is 2.26. The number of methoxy groups -OCH3 is 1. The number of ether oxygens (including phenoxy) is 1. The van der Waals surface area contributed by atoms with Crippen LogP contribution in [0.4, 0.5) is 0 Å². The average molecular weight is 223 g/mol. The fraction of sp³-hybridized carbons (Fsp3) is 0.273. The minimum atomic E-state index is -0.983. The standard InChI is InChI=1S/C11H13NO4/c1-7(13)12-10(11(15)16-2)8-5-3-4-6-9(8)14/h3-6,10,14H,1-2H3,(H,12,13)/t10-/m0/s1. The first-order chi connectivity index (χ1) is 7.56. The Hall–Kier alpha value is -2.04. The Balaban J connectivity index is 3.06. The molecule has 0 bridgehead atoms. The molecule has 1 amide bonds. The number of para-hydroxylation sites is 1. The quantitative estimate of drug-likeness (QED) is 0.741. The maximum Gasteiger partial charge on any atom is 0.333 e. The van der Waals surface area contributed by atoms with Crippen molar-refractivity contribution >= 4 is 11.9 Å². The molecule has 0 unspecified atom stereocenters. The SMILES string of the molecule is COC(=O)[C@@H](NC(C)=O)c1ccccc1O. The third-order valence-corrected chi connectivity index (χ3v) is 2.03. The largest absolute Gasteiger partial charge is 0.508 e. The molecule has 0 aliphatic heterocycles. The van der Waals surface area contributed by atoms with Gasteiger partial charge in [0.15, 0.2) is 6.04 Å². The van der Waals surface area contributed by atoms with Gasteiger partial charge in [-0.05, 0) is 6.07 Å². The summed E-state index contributed by atoms with van der Waals surface area (Å²) in [6, 6.07) is 5.29. The molecule has 5 nitrogen and oxygen atoms in total. The van der Waals surface area contributed by atoms with E-state index in [1.807, 2.05) is 0 Å². The number of phenolic OH excluding ortho intramolecular Hbond substituents is 1.